The van der Waals surface area contributed by atoms with Crippen LogP contribution in [-0.4, -0.2) is 29.6 Å². The van der Waals surface area contributed by atoms with Crippen molar-refractivity contribution < 1.29 is 0 Å². The minimum absolute atomic E-state index is 0.399. The summed E-state index contributed by atoms with van der Waals surface area (Å²) in [5.74, 6) is 2.05. The van der Waals surface area contributed by atoms with Gasteiger partial charge in [0.15, 0.2) is 0 Å². The van der Waals surface area contributed by atoms with Crippen LogP contribution in [0.25, 0.3) is 0 Å². The molecule has 2 heterocycles. The van der Waals surface area contributed by atoms with Crippen LogP contribution in [0.15, 0.2) is 6.33 Å². The molecule has 0 amide bonds. The molecule has 94 valence electrons. The molecule has 4 heteroatoms. The van der Waals surface area contributed by atoms with Crippen LogP contribution >= 0.6 is 0 Å². The highest BCUT2D eigenvalue weighted by atomic mass is 15.2. The van der Waals surface area contributed by atoms with Crippen LogP contribution in [0.2, 0.25) is 0 Å². The second-order valence-corrected chi connectivity index (χ2v) is 5.54. The Hall–Kier alpha value is -1.32. The molecule has 1 fully saturated rings. The van der Waals surface area contributed by atoms with Gasteiger partial charge in [0.25, 0.3) is 0 Å². The third-order valence-corrected chi connectivity index (χ3v) is 3.38. The van der Waals surface area contributed by atoms with E-state index in [2.05, 4.69) is 47.9 Å². The van der Waals surface area contributed by atoms with Gasteiger partial charge in [-0.3, -0.25) is 0 Å². The first-order chi connectivity index (χ1) is 8.03. The maximum absolute atomic E-state index is 4.44. The van der Waals surface area contributed by atoms with Gasteiger partial charge >= 0.3 is 0 Å². The molecule has 1 aliphatic rings. The number of rotatable bonds is 3. The Balaban J connectivity index is 2.24. The van der Waals surface area contributed by atoms with Crippen LogP contribution in [0.3, 0.4) is 0 Å². The van der Waals surface area contributed by atoms with E-state index in [1.165, 1.54) is 6.42 Å². The number of nitrogens with one attached hydrogen (secondary N) is 1. The Labute approximate surface area is 103 Å². The van der Waals surface area contributed by atoms with Crippen LogP contribution in [0.5, 0.6) is 0 Å². The quantitative estimate of drug-likeness (QED) is 0.872. The van der Waals surface area contributed by atoms with Gasteiger partial charge in [-0.1, -0.05) is 13.8 Å². The Bertz CT molecular complexity index is 400. The fourth-order valence-corrected chi connectivity index (χ4v) is 2.40. The first-order valence-electron chi connectivity index (χ1n) is 6.34. The molecule has 0 aromatic carbocycles. The fraction of sp³-hybridized carbons (Fsp3) is 0.692. The molecule has 1 aromatic rings. The van der Waals surface area contributed by atoms with Gasteiger partial charge in [0.2, 0.25) is 0 Å². The first kappa shape index (κ1) is 12.1. The van der Waals surface area contributed by atoms with Crippen LogP contribution in [0.1, 0.15) is 32.8 Å². The lowest BCUT2D eigenvalue weighted by Crippen LogP contribution is -2.25. The van der Waals surface area contributed by atoms with Crippen molar-refractivity contribution in [1.29, 1.82) is 0 Å². The summed E-state index contributed by atoms with van der Waals surface area (Å²) in [4.78, 5) is 11.1. The van der Waals surface area contributed by atoms with Gasteiger partial charge in [0.1, 0.15) is 18.0 Å². The number of anilines is 2. The van der Waals surface area contributed by atoms with Crippen molar-refractivity contribution in [2.45, 2.75) is 34.1 Å². The lowest BCUT2D eigenvalue weighted by atomic mass is 9.93. The van der Waals surface area contributed by atoms with E-state index >= 15 is 0 Å². The zero-order valence-electron chi connectivity index (χ0n) is 11.2. The molecule has 0 unspecified atom stereocenters. The van der Waals surface area contributed by atoms with Crippen molar-refractivity contribution in [1.82, 2.24) is 9.97 Å². The summed E-state index contributed by atoms with van der Waals surface area (Å²) in [5.41, 5.74) is 1.56. The molecule has 0 spiro atoms. The lowest BCUT2D eigenvalue weighted by molar-refractivity contribution is 0.418. The third-order valence-electron chi connectivity index (χ3n) is 3.38. The Morgan fingerprint density at radius 3 is 2.76 bits per heavy atom. The average Bonchev–Trinajstić information content (AvgIpc) is 2.62. The molecule has 0 aliphatic carbocycles. The molecule has 17 heavy (non-hydrogen) atoms. The maximum atomic E-state index is 4.44. The summed E-state index contributed by atoms with van der Waals surface area (Å²) in [7, 11) is 0. The molecule has 1 aliphatic heterocycles. The van der Waals surface area contributed by atoms with E-state index in [1.54, 1.807) is 6.33 Å². The predicted octanol–water partition coefficient (Wildman–Crippen LogP) is 2.45. The summed E-state index contributed by atoms with van der Waals surface area (Å²) in [5, 5.41) is 3.28. The molecule has 1 saturated heterocycles. The zero-order chi connectivity index (χ0) is 12.5. The van der Waals surface area contributed by atoms with E-state index in [0.29, 0.717) is 5.41 Å². The maximum Gasteiger partial charge on any atom is 0.137 e. The van der Waals surface area contributed by atoms with Gasteiger partial charge < -0.3 is 10.2 Å². The van der Waals surface area contributed by atoms with E-state index in [9.17, 15) is 0 Å². The summed E-state index contributed by atoms with van der Waals surface area (Å²) in [6, 6.07) is 0. The SMILES string of the molecule is CCNc1ncnc(N2CCC(C)(C)C2)c1C. The molecule has 1 aromatic heterocycles. The van der Waals surface area contributed by atoms with E-state index in [4.69, 9.17) is 0 Å². The summed E-state index contributed by atoms with van der Waals surface area (Å²) in [6.45, 7) is 11.9. The van der Waals surface area contributed by atoms with Crippen LogP contribution in [-0.2, 0) is 0 Å². The highest BCUT2D eigenvalue weighted by Crippen LogP contribution is 2.33. The minimum atomic E-state index is 0.399. The number of hydrogen-bond donors (Lipinski definition) is 1. The molecule has 4 nitrogen and oxygen atoms in total. The number of aromatic nitrogens is 2. The van der Waals surface area contributed by atoms with E-state index < -0.39 is 0 Å². The van der Waals surface area contributed by atoms with E-state index in [0.717, 1.165) is 36.8 Å². The summed E-state index contributed by atoms with van der Waals surface area (Å²) in [6.07, 6.45) is 2.89. The van der Waals surface area contributed by atoms with Gasteiger partial charge in [0, 0.05) is 25.2 Å². The van der Waals surface area contributed by atoms with Gasteiger partial charge in [-0.25, -0.2) is 9.97 Å². The molecule has 0 saturated carbocycles. The largest absolute Gasteiger partial charge is 0.370 e. The molecular formula is C13H22N4. The van der Waals surface area contributed by atoms with Crippen molar-refractivity contribution in [3.8, 4) is 0 Å². The smallest absolute Gasteiger partial charge is 0.137 e. The number of nitrogens with zero attached hydrogens (tertiary/aromatic N) is 3. The minimum Gasteiger partial charge on any atom is -0.370 e. The van der Waals surface area contributed by atoms with Gasteiger partial charge in [-0.2, -0.15) is 0 Å². The summed E-state index contributed by atoms with van der Waals surface area (Å²) < 4.78 is 0. The van der Waals surface area contributed by atoms with Gasteiger partial charge in [-0.15, -0.1) is 0 Å². The zero-order valence-corrected chi connectivity index (χ0v) is 11.2. The monoisotopic (exact) mass is 234 g/mol. The van der Waals surface area contributed by atoms with Crippen LogP contribution < -0.4 is 10.2 Å². The van der Waals surface area contributed by atoms with E-state index in [1.807, 2.05) is 0 Å². The average molecular weight is 234 g/mol. The molecule has 1 N–H and O–H groups in total. The first-order valence-corrected chi connectivity index (χ1v) is 6.34. The Morgan fingerprint density at radius 2 is 2.18 bits per heavy atom. The Morgan fingerprint density at radius 1 is 1.41 bits per heavy atom. The molecule has 0 atom stereocenters. The fourth-order valence-electron chi connectivity index (χ4n) is 2.40. The van der Waals surface area contributed by atoms with Crippen molar-refractivity contribution >= 4 is 11.6 Å². The van der Waals surface area contributed by atoms with E-state index in [-0.39, 0.29) is 0 Å². The van der Waals surface area contributed by atoms with Crippen LogP contribution in [0.4, 0.5) is 11.6 Å². The highest BCUT2D eigenvalue weighted by Gasteiger charge is 2.30. The van der Waals surface area contributed by atoms with Crippen molar-refractivity contribution in [2.24, 2.45) is 5.41 Å². The summed E-state index contributed by atoms with van der Waals surface area (Å²) >= 11 is 0. The normalized spacial score (nSPS) is 18.5. The lowest BCUT2D eigenvalue weighted by Gasteiger charge is -2.22. The van der Waals surface area contributed by atoms with Gasteiger partial charge in [0.05, 0.1) is 0 Å². The predicted molar refractivity (Wildman–Crippen MR) is 71.5 cm³/mol. The van der Waals surface area contributed by atoms with Crippen molar-refractivity contribution in [3.63, 3.8) is 0 Å². The van der Waals surface area contributed by atoms with Crippen molar-refractivity contribution in [2.75, 3.05) is 29.9 Å². The molecular weight excluding hydrogens is 212 g/mol. The topological polar surface area (TPSA) is 41.1 Å². The molecule has 2 rings (SSSR count). The van der Waals surface area contributed by atoms with Crippen molar-refractivity contribution in [3.05, 3.63) is 11.9 Å². The van der Waals surface area contributed by atoms with Gasteiger partial charge in [-0.05, 0) is 25.7 Å². The molecule has 0 bridgehead atoms. The van der Waals surface area contributed by atoms with Crippen LogP contribution in [0, 0.1) is 12.3 Å². The standard InChI is InChI=1S/C13H22N4/c1-5-14-11-10(2)12(16-9-15-11)17-7-6-13(3,4)8-17/h9H,5-8H2,1-4H3,(H,14,15,16). The number of hydrogen-bond acceptors (Lipinski definition) is 4. The third kappa shape index (κ3) is 2.51. The Kier molecular flexibility index (Phi) is 3.22. The molecule has 0 radical (unpaired) electrons. The second kappa shape index (κ2) is 4.51. The highest BCUT2D eigenvalue weighted by molar-refractivity contribution is 5.58. The second-order valence-electron chi connectivity index (χ2n) is 5.54.